The molecule has 0 aliphatic carbocycles. The van der Waals surface area contributed by atoms with E-state index in [0.29, 0.717) is 31.0 Å². The number of amides is 1. The van der Waals surface area contributed by atoms with Crippen LogP contribution in [0.25, 0.3) is 0 Å². The van der Waals surface area contributed by atoms with Gasteiger partial charge in [0.2, 0.25) is 5.91 Å². The molecule has 2 N–H and O–H groups in total. The van der Waals surface area contributed by atoms with E-state index in [0.717, 1.165) is 22.4 Å². The van der Waals surface area contributed by atoms with E-state index in [9.17, 15) is 18.0 Å². The summed E-state index contributed by atoms with van der Waals surface area (Å²) >= 11 is 0. The third kappa shape index (κ3) is 4.71. The number of nitrogens with one attached hydrogen (secondary N) is 2. The molecule has 0 unspecified atom stereocenters. The number of carbonyl (C=O) groups excluding carboxylic acids is 1. The molecule has 6 nitrogen and oxygen atoms in total. The first-order valence-electron chi connectivity index (χ1n) is 10.7. The molecule has 2 aromatic rings. The average Bonchev–Trinajstić information content (AvgIpc) is 3.34. The summed E-state index contributed by atoms with van der Waals surface area (Å²) in [6.07, 6.45) is -2.95. The Kier molecular flexibility index (Phi) is 5.96. The van der Waals surface area contributed by atoms with Crippen molar-refractivity contribution in [2.75, 3.05) is 30.3 Å². The number of halogens is 3. The van der Waals surface area contributed by atoms with Gasteiger partial charge in [0.1, 0.15) is 5.82 Å². The van der Waals surface area contributed by atoms with Crippen molar-refractivity contribution in [2.45, 2.75) is 57.3 Å². The highest BCUT2D eigenvalue weighted by molar-refractivity contribution is 5.92. The van der Waals surface area contributed by atoms with Gasteiger partial charge in [0.25, 0.3) is 0 Å². The predicted molar refractivity (Wildman–Crippen MR) is 113 cm³/mol. The molecule has 3 atom stereocenters. The monoisotopic (exact) mass is 435 g/mol. The minimum atomic E-state index is -4.33. The molecule has 1 aromatic heterocycles. The zero-order chi connectivity index (χ0) is 22.2. The average molecular weight is 435 g/mol. The number of aromatic nitrogens is 2. The zero-order valence-corrected chi connectivity index (χ0v) is 17.7. The van der Waals surface area contributed by atoms with Gasteiger partial charge in [-0.1, -0.05) is 25.1 Å². The van der Waals surface area contributed by atoms with Crippen LogP contribution in [0.3, 0.4) is 0 Å². The van der Waals surface area contributed by atoms with Crippen LogP contribution in [0.2, 0.25) is 0 Å². The van der Waals surface area contributed by atoms with Crippen LogP contribution in [0.1, 0.15) is 49.4 Å². The Balaban J connectivity index is 1.41. The van der Waals surface area contributed by atoms with Crippen LogP contribution >= 0.6 is 0 Å². The molecule has 0 radical (unpaired) electrons. The lowest BCUT2D eigenvalue weighted by Crippen LogP contribution is -2.38. The number of hydrogen-bond acceptors (Lipinski definition) is 4. The maximum atomic E-state index is 13.6. The van der Waals surface area contributed by atoms with Crippen LogP contribution in [-0.4, -0.2) is 52.4 Å². The second-order valence-corrected chi connectivity index (χ2v) is 8.53. The molecule has 0 bridgehead atoms. The molecule has 1 saturated heterocycles. The van der Waals surface area contributed by atoms with E-state index in [1.54, 1.807) is 6.07 Å². The summed E-state index contributed by atoms with van der Waals surface area (Å²) in [6.45, 7) is 5.38. The molecule has 4 rings (SSSR count). The minimum Gasteiger partial charge on any atom is -0.367 e. The third-order valence-corrected chi connectivity index (χ3v) is 6.26. The fourth-order valence-corrected chi connectivity index (χ4v) is 4.46. The normalized spacial score (nSPS) is 24.0. The van der Waals surface area contributed by atoms with Crippen molar-refractivity contribution in [3.05, 3.63) is 41.6 Å². The largest absolute Gasteiger partial charge is 0.410 e. The van der Waals surface area contributed by atoms with Crippen LogP contribution in [0, 0.1) is 6.92 Å². The van der Waals surface area contributed by atoms with Gasteiger partial charge in [-0.3, -0.25) is 9.69 Å². The van der Waals surface area contributed by atoms with Gasteiger partial charge in [0, 0.05) is 30.3 Å². The van der Waals surface area contributed by atoms with Crippen LogP contribution in [0.15, 0.2) is 30.3 Å². The number of fused-ring (bicyclic) bond motifs is 1. The minimum absolute atomic E-state index is 0.00993. The SMILES string of the molecule is CC[C@@H]1C[C@@H](C(F)(F)F)n2nc([C@H]3CCN(CC(=O)Nc4ccccc4C)C3)cc2N1. The first-order valence-corrected chi connectivity index (χ1v) is 10.7. The summed E-state index contributed by atoms with van der Waals surface area (Å²) in [7, 11) is 0. The van der Waals surface area contributed by atoms with Crippen LogP contribution in [0.4, 0.5) is 24.7 Å². The Morgan fingerprint density at radius 1 is 1.32 bits per heavy atom. The van der Waals surface area contributed by atoms with Crippen molar-refractivity contribution in [1.82, 2.24) is 14.7 Å². The molecule has 1 amide bonds. The van der Waals surface area contributed by atoms with E-state index in [4.69, 9.17) is 0 Å². The number of anilines is 2. The highest BCUT2D eigenvalue weighted by Crippen LogP contribution is 2.41. The van der Waals surface area contributed by atoms with Crippen molar-refractivity contribution in [2.24, 2.45) is 0 Å². The second-order valence-electron chi connectivity index (χ2n) is 8.53. The van der Waals surface area contributed by atoms with Crippen molar-refractivity contribution in [3.8, 4) is 0 Å². The molecular formula is C22H28F3N5O. The van der Waals surface area contributed by atoms with Gasteiger partial charge in [-0.05, 0) is 44.4 Å². The maximum Gasteiger partial charge on any atom is 0.410 e. The fourth-order valence-electron chi connectivity index (χ4n) is 4.46. The van der Waals surface area contributed by atoms with E-state index < -0.39 is 12.2 Å². The second kappa shape index (κ2) is 8.53. The number of benzene rings is 1. The molecule has 0 saturated carbocycles. The van der Waals surface area contributed by atoms with Gasteiger partial charge >= 0.3 is 6.18 Å². The van der Waals surface area contributed by atoms with E-state index in [1.807, 2.05) is 43.0 Å². The van der Waals surface area contributed by atoms with Crippen LogP contribution in [0.5, 0.6) is 0 Å². The Hall–Kier alpha value is -2.55. The fraction of sp³-hybridized carbons (Fsp3) is 0.545. The Morgan fingerprint density at radius 3 is 2.81 bits per heavy atom. The number of hydrogen-bond donors (Lipinski definition) is 2. The number of carbonyl (C=O) groups is 1. The van der Waals surface area contributed by atoms with E-state index in [1.165, 1.54) is 0 Å². The van der Waals surface area contributed by atoms with E-state index >= 15 is 0 Å². The molecule has 2 aliphatic heterocycles. The molecule has 1 aromatic carbocycles. The molecule has 1 fully saturated rings. The van der Waals surface area contributed by atoms with E-state index in [2.05, 4.69) is 15.7 Å². The summed E-state index contributed by atoms with van der Waals surface area (Å²) in [5, 5.41) is 10.5. The van der Waals surface area contributed by atoms with Crippen LogP contribution in [-0.2, 0) is 4.79 Å². The summed E-state index contributed by atoms with van der Waals surface area (Å²) < 4.78 is 41.9. The van der Waals surface area contributed by atoms with Crippen molar-refractivity contribution < 1.29 is 18.0 Å². The summed E-state index contributed by atoms with van der Waals surface area (Å²) in [5.41, 5.74) is 2.45. The first-order chi connectivity index (χ1) is 14.7. The number of aryl methyl sites for hydroxylation is 1. The quantitative estimate of drug-likeness (QED) is 0.735. The number of para-hydroxylation sites is 1. The molecule has 9 heteroatoms. The third-order valence-electron chi connectivity index (χ3n) is 6.26. The zero-order valence-electron chi connectivity index (χ0n) is 17.7. The Bertz CT molecular complexity index is 941. The Morgan fingerprint density at radius 2 is 2.10 bits per heavy atom. The van der Waals surface area contributed by atoms with E-state index in [-0.39, 0.29) is 30.8 Å². The Labute approximate surface area is 179 Å². The van der Waals surface area contributed by atoms with Crippen LogP contribution < -0.4 is 10.6 Å². The maximum absolute atomic E-state index is 13.6. The lowest BCUT2D eigenvalue weighted by Gasteiger charge is -2.32. The van der Waals surface area contributed by atoms with Crippen molar-refractivity contribution in [1.29, 1.82) is 0 Å². The number of rotatable bonds is 5. The van der Waals surface area contributed by atoms with Gasteiger partial charge in [-0.2, -0.15) is 18.3 Å². The summed E-state index contributed by atoms with van der Waals surface area (Å²) in [4.78, 5) is 14.5. The predicted octanol–water partition coefficient (Wildman–Crippen LogP) is 4.32. The molecular weight excluding hydrogens is 407 g/mol. The molecule has 31 heavy (non-hydrogen) atoms. The summed E-state index contributed by atoms with van der Waals surface area (Å²) in [5.74, 6) is 0.356. The summed E-state index contributed by atoms with van der Waals surface area (Å²) in [6, 6.07) is 7.54. The van der Waals surface area contributed by atoms with Gasteiger partial charge in [0.05, 0.1) is 12.2 Å². The highest BCUT2D eigenvalue weighted by atomic mass is 19.4. The van der Waals surface area contributed by atoms with Gasteiger partial charge in [-0.15, -0.1) is 0 Å². The smallest absolute Gasteiger partial charge is 0.367 e. The topological polar surface area (TPSA) is 62.2 Å². The number of likely N-dealkylation sites (tertiary alicyclic amines) is 1. The van der Waals surface area contributed by atoms with Crippen molar-refractivity contribution in [3.63, 3.8) is 0 Å². The number of nitrogens with zero attached hydrogens (tertiary/aromatic N) is 3. The molecule has 0 spiro atoms. The molecule has 3 heterocycles. The van der Waals surface area contributed by atoms with Crippen molar-refractivity contribution >= 4 is 17.4 Å². The molecule has 2 aliphatic rings. The van der Waals surface area contributed by atoms with Gasteiger partial charge in [-0.25, -0.2) is 4.68 Å². The lowest BCUT2D eigenvalue weighted by molar-refractivity contribution is -0.173. The standard InChI is InChI=1S/C22H28F3N5O/c1-3-16-10-19(22(23,24)25)30-20(26-16)11-18(28-30)15-8-9-29(12-15)13-21(31)27-17-7-5-4-6-14(17)2/h4-7,11,15-16,19,26H,3,8-10,12-13H2,1-2H3,(H,27,31)/t15-,16+,19-/m0/s1. The van der Waals surface area contributed by atoms with Gasteiger partial charge < -0.3 is 10.6 Å². The molecule has 168 valence electrons. The lowest BCUT2D eigenvalue weighted by atomic mass is 10.0. The highest BCUT2D eigenvalue weighted by Gasteiger charge is 2.46. The number of alkyl halides is 3. The first kappa shape index (κ1) is 21.7. The van der Waals surface area contributed by atoms with Gasteiger partial charge in [0.15, 0.2) is 6.04 Å².